The third-order valence-corrected chi connectivity index (χ3v) is 4.79. The highest BCUT2D eigenvalue weighted by molar-refractivity contribution is 14.1. The summed E-state index contributed by atoms with van der Waals surface area (Å²) in [6, 6.07) is 6.48. The van der Waals surface area contributed by atoms with Crippen LogP contribution in [0.4, 0.5) is 4.39 Å². The van der Waals surface area contributed by atoms with Crippen molar-refractivity contribution in [1.82, 2.24) is 5.43 Å². The molecule has 1 aromatic carbocycles. The van der Waals surface area contributed by atoms with Crippen LogP contribution in [0.25, 0.3) is 0 Å². The summed E-state index contributed by atoms with van der Waals surface area (Å²) in [6.07, 6.45) is 0.627. The Bertz CT molecular complexity index is 547. The Labute approximate surface area is 127 Å². The topological polar surface area (TPSA) is 38.0 Å². The summed E-state index contributed by atoms with van der Waals surface area (Å²) in [6.45, 7) is 0. The molecular formula is C12H11ClFIN2S. The number of thiophene rings is 1. The summed E-state index contributed by atoms with van der Waals surface area (Å²) in [4.78, 5) is 0. The fourth-order valence-electron chi connectivity index (χ4n) is 1.69. The molecule has 1 aromatic heterocycles. The van der Waals surface area contributed by atoms with Crippen LogP contribution in [0.3, 0.4) is 0 Å². The van der Waals surface area contributed by atoms with Crippen LogP contribution in [0.5, 0.6) is 0 Å². The minimum Gasteiger partial charge on any atom is -0.271 e. The van der Waals surface area contributed by atoms with E-state index in [1.54, 1.807) is 17.4 Å². The Kier molecular flexibility index (Phi) is 4.97. The van der Waals surface area contributed by atoms with E-state index in [1.165, 1.54) is 15.0 Å². The van der Waals surface area contributed by atoms with Gasteiger partial charge in [0.2, 0.25) is 0 Å². The quantitative estimate of drug-likeness (QED) is 0.467. The summed E-state index contributed by atoms with van der Waals surface area (Å²) in [5, 5.41) is 2.49. The van der Waals surface area contributed by atoms with Crippen LogP contribution in [0, 0.1) is 8.70 Å². The molecule has 2 aromatic rings. The number of halogens is 3. The molecule has 6 heteroatoms. The van der Waals surface area contributed by atoms with Crippen LogP contribution >= 0.6 is 45.5 Å². The Morgan fingerprint density at radius 1 is 1.44 bits per heavy atom. The summed E-state index contributed by atoms with van der Waals surface area (Å²) in [5.74, 6) is 5.25. The summed E-state index contributed by atoms with van der Waals surface area (Å²) in [5.41, 5.74) is 4.77. The van der Waals surface area contributed by atoms with E-state index in [0.29, 0.717) is 11.4 Å². The molecule has 1 atom stereocenters. The summed E-state index contributed by atoms with van der Waals surface area (Å²) >= 11 is 9.95. The number of hydrogen-bond acceptors (Lipinski definition) is 3. The van der Waals surface area contributed by atoms with Crippen molar-refractivity contribution in [2.24, 2.45) is 5.84 Å². The first kappa shape index (κ1) is 14.2. The van der Waals surface area contributed by atoms with Crippen molar-refractivity contribution >= 4 is 45.5 Å². The summed E-state index contributed by atoms with van der Waals surface area (Å²) < 4.78 is 14.2. The number of hydrogen-bond donors (Lipinski definition) is 2. The van der Waals surface area contributed by atoms with E-state index in [9.17, 15) is 4.39 Å². The maximum atomic E-state index is 13.0. The van der Waals surface area contributed by atoms with Crippen molar-refractivity contribution < 1.29 is 4.39 Å². The molecule has 0 bridgehead atoms. The lowest BCUT2D eigenvalue weighted by atomic mass is 10.0. The SMILES string of the molecule is NNC(Cc1ccc(F)cc1Cl)c1csc(I)c1. The number of hydrazine groups is 1. The largest absolute Gasteiger partial charge is 0.271 e. The average molecular weight is 397 g/mol. The molecule has 96 valence electrons. The van der Waals surface area contributed by atoms with Gasteiger partial charge in [0.25, 0.3) is 0 Å². The van der Waals surface area contributed by atoms with Crippen molar-refractivity contribution in [3.05, 3.63) is 54.5 Å². The van der Waals surface area contributed by atoms with Gasteiger partial charge < -0.3 is 0 Å². The van der Waals surface area contributed by atoms with E-state index < -0.39 is 0 Å². The third-order valence-electron chi connectivity index (χ3n) is 2.63. The maximum absolute atomic E-state index is 13.0. The number of rotatable bonds is 4. The zero-order valence-corrected chi connectivity index (χ0v) is 13.0. The molecule has 1 heterocycles. The third kappa shape index (κ3) is 3.42. The second kappa shape index (κ2) is 6.29. The lowest BCUT2D eigenvalue weighted by Crippen LogP contribution is -2.29. The number of nitrogens with one attached hydrogen (secondary N) is 1. The highest BCUT2D eigenvalue weighted by Crippen LogP contribution is 2.27. The Balaban J connectivity index is 2.20. The van der Waals surface area contributed by atoms with Gasteiger partial charge in [0.15, 0.2) is 0 Å². The normalized spacial score (nSPS) is 12.7. The van der Waals surface area contributed by atoms with Gasteiger partial charge in [-0.25, -0.2) is 4.39 Å². The van der Waals surface area contributed by atoms with Crippen molar-refractivity contribution in [2.75, 3.05) is 0 Å². The standard InChI is InChI=1S/C12H11ClFIN2S/c13-10-5-9(14)2-1-7(10)3-11(17-16)8-4-12(15)18-6-8/h1-2,4-6,11,17H,3,16H2. The first-order valence-corrected chi connectivity index (χ1v) is 7.58. The fraction of sp³-hybridized carbons (Fsp3) is 0.167. The predicted molar refractivity (Wildman–Crippen MR) is 82.2 cm³/mol. The van der Waals surface area contributed by atoms with Crippen LogP contribution in [0.1, 0.15) is 17.2 Å². The van der Waals surface area contributed by atoms with Crippen molar-refractivity contribution in [1.29, 1.82) is 0 Å². The second-order valence-corrected chi connectivity index (χ2v) is 7.06. The number of nitrogens with two attached hydrogens (primary N) is 1. The van der Waals surface area contributed by atoms with E-state index >= 15 is 0 Å². The van der Waals surface area contributed by atoms with Gasteiger partial charge in [0.1, 0.15) is 5.82 Å². The van der Waals surface area contributed by atoms with E-state index in [4.69, 9.17) is 17.4 Å². The lowest BCUT2D eigenvalue weighted by Gasteiger charge is -2.15. The fourth-order valence-corrected chi connectivity index (χ4v) is 3.36. The van der Waals surface area contributed by atoms with E-state index in [0.717, 1.165) is 11.1 Å². The molecule has 0 amide bonds. The van der Waals surface area contributed by atoms with Crippen molar-refractivity contribution in [2.45, 2.75) is 12.5 Å². The molecule has 1 unspecified atom stereocenters. The molecule has 0 aliphatic rings. The van der Waals surface area contributed by atoms with Crippen LogP contribution in [0.15, 0.2) is 29.6 Å². The maximum Gasteiger partial charge on any atom is 0.124 e. The average Bonchev–Trinajstić information content (AvgIpc) is 2.75. The van der Waals surface area contributed by atoms with E-state index in [2.05, 4.69) is 39.5 Å². The predicted octanol–water partition coefficient (Wildman–Crippen LogP) is 3.89. The Hall–Kier alpha value is -0.210. The minimum absolute atomic E-state index is 0.0206. The van der Waals surface area contributed by atoms with Gasteiger partial charge in [-0.15, -0.1) is 11.3 Å². The molecule has 2 rings (SSSR count). The molecular weight excluding hydrogens is 386 g/mol. The van der Waals surface area contributed by atoms with Gasteiger partial charge in [0.05, 0.1) is 8.93 Å². The van der Waals surface area contributed by atoms with Gasteiger partial charge in [-0.1, -0.05) is 17.7 Å². The Morgan fingerprint density at radius 3 is 2.78 bits per heavy atom. The molecule has 18 heavy (non-hydrogen) atoms. The molecule has 0 aliphatic heterocycles. The molecule has 2 nitrogen and oxygen atoms in total. The summed E-state index contributed by atoms with van der Waals surface area (Å²) in [7, 11) is 0. The first-order chi connectivity index (χ1) is 8.60. The zero-order valence-electron chi connectivity index (χ0n) is 9.29. The van der Waals surface area contributed by atoms with Gasteiger partial charge in [-0.05, 0) is 63.7 Å². The second-order valence-electron chi connectivity index (χ2n) is 3.84. The molecule has 0 spiro atoms. The molecule has 0 radical (unpaired) electrons. The van der Waals surface area contributed by atoms with Crippen molar-refractivity contribution in [3.63, 3.8) is 0 Å². The van der Waals surface area contributed by atoms with Crippen LogP contribution in [0.2, 0.25) is 5.02 Å². The highest BCUT2D eigenvalue weighted by atomic mass is 127. The molecule has 0 saturated heterocycles. The number of benzene rings is 1. The van der Waals surface area contributed by atoms with Gasteiger partial charge in [-0.2, -0.15) is 0 Å². The minimum atomic E-state index is -0.328. The molecule has 0 aliphatic carbocycles. The van der Waals surface area contributed by atoms with Gasteiger partial charge >= 0.3 is 0 Å². The zero-order chi connectivity index (χ0) is 13.1. The van der Waals surface area contributed by atoms with Gasteiger partial charge in [-0.3, -0.25) is 11.3 Å². The smallest absolute Gasteiger partial charge is 0.124 e. The Morgan fingerprint density at radius 2 is 2.22 bits per heavy atom. The monoisotopic (exact) mass is 396 g/mol. The molecule has 0 saturated carbocycles. The van der Waals surface area contributed by atoms with Gasteiger partial charge in [0, 0.05) is 5.02 Å². The molecule has 3 N–H and O–H groups in total. The molecule has 0 fully saturated rings. The van der Waals surface area contributed by atoms with E-state index in [-0.39, 0.29) is 11.9 Å². The van der Waals surface area contributed by atoms with Crippen LogP contribution in [-0.4, -0.2) is 0 Å². The van der Waals surface area contributed by atoms with Crippen LogP contribution < -0.4 is 11.3 Å². The van der Waals surface area contributed by atoms with Crippen molar-refractivity contribution in [3.8, 4) is 0 Å². The first-order valence-electron chi connectivity index (χ1n) is 5.24. The van der Waals surface area contributed by atoms with Crippen LogP contribution in [-0.2, 0) is 6.42 Å². The lowest BCUT2D eigenvalue weighted by molar-refractivity contribution is 0.552. The van der Waals surface area contributed by atoms with E-state index in [1.807, 2.05) is 0 Å². The highest BCUT2D eigenvalue weighted by Gasteiger charge is 2.14.